The van der Waals surface area contributed by atoms with E-state index in [1.807, 2.05) is 59.1 Å². The monoisotopic (exact) mass is 620 g/mol. The van der Waals surface area contributed by atoms with Gasteiger partial charge in [0.05, 0.1) is 29.9 Å². The van der Waals surface area contributed by atoms with Crippen molar-refractivity contribution in [1.29, 1.82) is 0 Å². The molecule has 1 fully saturated rings. The average molecular weight is 622 g/mol. The summed E-state index contributed by atoms with van der Waals surface area (Å²) < 4.78 is 9.13. The lowest BCUT2D eigenvalue weighted by atomic mass is 9.77. The molecule has 2 aromatic carbocycles. The van der Waals surface area contributed by atoms with Crippen molar-refractivity contribution in [3.8, 4) is 5.75 Å². The molecule has 1 saturated carbocycles. The van der Waals surface area contributed by atoms with E-state index in [1.165, 1.54) is 0 Å². The highest BCUT2D eigenvalue weighted by Gasteiger charge is 2.44. The topological polar surface area (TPSA) is 105 Å². The zero-order chi connectivity index (χ0) is 28.7. The maximum Gasteiger partial charge on any atom is 0.307 e. The van der Waals surface area contributed by atoms with Gasteiger partial charge in [0.15, 0.2) is 0 Å². The number of carboxylic acid groups (broad SMARTS) is 1. The van der Waals surface area contributed by atoms with Gasteiger partial charge in [-0.15, -0.1) is 0 Å². The molecule has 1 N–H and O–H groups in total. The van der Waals surface area contributed by atoms with Gasteiger partial charge in [0, 0.05) is 48.5 Å². The summed E-state index contributed by atoms with van der Waals surface area (Å²) in [6.07, 6.45) is 6.92. The van der Waals surface area contributed by atoms with Crippen LogP contribution < -0.4 is 4.74 Å². The molecule has 6 rings (SSSR count). The van der Waals surface area contributed by atoms with Crippen LogP contribution in [0.25, 0.3) is 0 Å². The molecule has 2 aliphatic heterocycles. The molecule has 3 aliphatic rings. The van der Waals surface area contributed by atoms with Crippen LogP contribution in [0.3, 0.4) is 0 Å². The minimum atomic E-state index is -0.913. The molecule has 0 spiro atoms. The van der Waals surface area contributed by atoms with E-state index in [9.17, 15) is 19.5 Å². The Morgan fingerprint density at radius 2 is 1.90 bits per heavy atom. The fourth-order valence-electron chi connectivity index (χ4n) is 6.66. The van der Waals surface area contributed by atoms with E-state index >= 15 is 0 Å². The largest absolute Gasteiger partial charge is 0.487 e. The smallest absolute Gasteiger partial charge is 0.307 e. The molecule has 3 atom stereocenters. The SMILES string of the molecule is Cn1cnc(COc2ccc(Br)c3c2[C@@H](CN2Cc4ccccc4C2=O)N(C(=O)C2CCCC[C@H]2C(=O)O)CC3)c1. The Balaban J connectivity index is 1.38. The molecule has 2 amide bonds. The van der Waals surface area contributed by atoms with Gasteiger partial charge >= 0.3 is 5.97 Å². The molecule has 3 heterocycles. The number of carbonyl (C=O) groups excluding carboxylic acids is 2. The Kier molecular flexibility index (Phi) is 7.59. The van der Waals surface area contributed by atoms with Crippen LogP contribution in [0, 0.1) is 11.8 Å². The molecule has 0 radical (unpaired) electrons. The zero-order valence-corrected chi connectivity index (χ0v) is 24.5. The minimum absolute atomic E-state index is 0.0628. The van der Waals surface area contributed by atoms with Gasteiger partial charge in [0.25, 0.3) is 5.91 Å². The number of rotatable bonds is 7. The molecule has 10 heteroatoms. The molecule has 0 saturated heterocycles. The van der Waals surface area contributed by atoms with Crippen LogP contribution in [0.15, 0.2) is 53.4 Å². The summed E-state index contributed by atoms with van der Waals surface area (Å²) in [5, 5.41) is 9.95. The Morgan fingerprint density at radius 3 is 2.63 bits per heavy atom. The number of carbonyl (C=O) groups is 3. The van der Waals surface area contributed by atoms with Gasteiger partial charge in [0.2, 0.25) is 5.91 Å². The van der Waals surface area contributed by atoms with Gasteiger partial charge in [-0.1, -0.05) is 47.0 Å². The maximum atomic E-state index is 14.2. The summed E-state index contributed by atoms with van der Waals surface area (Å²) in [7, 11) is 1.90. The Morgan fingerprint density at radius 1 is 1.12 bits per heavy atom. The van der Waals surface area contributed by atoms with Gasteiger partial charge in [-0.05, 0) is 48.6 Å². The molecular formula is C31H33BrN4O5. The zero-order valence-electron chi connectivity index (χ0n) is 23.0. The lowest BCUT2D eigenvalue weighted by molar-refractivity contribution is -0.153. The fraction of sp³-hybridized carbons (Fsp3) is 0.419. The number of fused-ring (bicyclic) bond motifs is 2. The van der Waals surface area contributed by atoms with E-state index in [1.54, 1.807) is 11.2 Å². The number of aromatic nitrogens is 2. The number of benzene rings is 2. The minimum Gasteiger partial charge on any atom is -0.487 e. The van der Waals surface area contributed by atoms with E-state index < -0.39 is 23.8 Å². The van der Waals surface area contributed by atoms with Gasteiger partial charge in [-0.25, -0.2) is 4.98 Å². The molecule has 1 aromatic heterocycles. The van der Waals surface area contributed by atoms with E-state index in [0.717, 1.165) is 39.7 Å². The van der Waals surface area contributed by atoms with E-state index in [0.29, 0.717) is 43.7 Å². The summed E-state index contributed by atoms with van der Waals surface area (Å²) in [6, 6.07) is 11.0. The first-order valence-corrected chi connectivity index (χ1v) is 14.9. The van der Waals surface area contributed by atoms with Crippen LogP contribution in [-0.4, -0.2) is 55.3 Å². The number of aryl methyl sites for hydroxylation is 1. The van der Waals surface area contributed by atoms with Crippen LogP contribution >= 0.6 is 15.9 Å². The van der Waals surface area contributed by atoms with Crippen molar-refractivity contribution in [3.05, 3.63) is 81.3 Å². The number of halogens is 1. The summed E-state index contributed by atoms with van der Waals surface area (Å²) in [6.45, 7) is 1.44. The first-order valence-electron chi connectivity index (χ1n) is 14.1. The van der Waals surface area contributed by atoms with Crippen molar-refractivity contribution in [3.63, 3.8) is 0 Å². The number of hydrogen-bond donors (Lipinski definition) is 1. The molecule has 0 bridgehead atoms. The van der Waals surface area contributed by atoms with Crippen LogP contribution in [0.5, 0.6) is 5.75 Å². The van der Waals surface area contributed by atoms with Gasteiger partial charge in [0.1, 0.15) is 12.4 Å². The molecule has 214 valence electrons. The third-order valence-electron chi connectivity index (χ3n) is 8.68. The quantitative estimate of drug-likeness (QED) is 0.409. The standard InChI is InChI=1S/C31H33BrN4O5/c1-34-15-20(33-18-34)17-41-27-11-10-25(32)24-12-13-36(30(38)22-8-4-5-9-23(22)31(39)40)26(28(24)27)16-35-14-19-6-2-3-7-21(19)29(35)37/h2-3,6-7,10-11,15,18,22-23,26H,4-5,8-9,12-14,16-17H2,1H3,(H,39,40)/t22?,23-,26-/m1/s1. The van der Waals surface area contributed by atoms with Crippen LogP contribution in [0.4, 0.5) is 0 Å². The Hall–Kier alpha value is -3.66. The molecule has 3 aromatic rings. The second-order valence-electron chi connectivity index (χ2n) is 11.2. The number of imidazole rings is 1. The van der Waals surface area contributed by atoms with E-state index in [4.69, 9.17) is 4.74 Å². The van der Waals surface area contributed by atoms with Crippen LogP contribution in [0.2, 0.25) is 0 Å². The number of hydrogen-bond acceptors (Lipinski definition) is 5. The fourth-order valence-corrected chi connectivity index (χ4v) is 7.20. The van der Waals surface area contributed by atoms with Gasteiger partial charge < -0.3 is 24.2 Å². The average Bonchev–Trinajstić information content (AvgIpc) is 3.54. The molecular weight excluding hydrogens is 588 g/mol. The lowest BCUT2D eigenvalue weighted by Gasteiger charge is -2.43. The number of nitrogens with zero attached hydrogens (tertiary/aromatic N) is 4. The highest BCUT2D eigenvalue weighted by molar-refractivity contribution is 9.10. The summed E-state index contributed by atoms with van der Waals surface area (Å²) in [5.74, 6) is -1.76. The predicted molar refractivity (Wildman–Crippen MR) is 154 cm³/mol. The van der Waals surface area contributed by atoms with E-state index in [-0.39, 0.29) is 25.0 Å². The van der Waals surface area contributed by atoms with Crippen molar-refractivity contribution in [2.75, 3.05) is 13.1 Å². The van der Waals surface area contributed by atoms with Crippen molar-refractivity contribution in [2.45, 2.75) is 51.3 Å². The normalized spacial score (nSPS) is 21.9. The maximum absolute atomic E-state index is 14.2. The summed E-state index contributed by atoms with van der Waals surface area (Å²) >= 11 is 3.72. The van der Waals surface area contributed by atoms with Crippen LogP contribution in [0.1, 0.15) is 64.5 Å². The highest BCUT2D eigenvalue weighted by Crippen LogP contribution is 2.43. The molecule has 1 aliphatic carbocycles. The highest BCUT2D eigenvalue weighted by atomic mass is 79.9. The number of ether oxygens (including phenoxy) is 1. The van der Waals surface area contributed by atoms with Crippen LogP contribution in [-0.2, 0) is 36.2 Å². The van der Waals surface area contributed by atoms with Crippen molar-refractivity contribution in [1.82, 2.24) is 19.4 Å². The number of carboxylic acids is 1. The predicted octanol–water partition coefficient (Wildman–Crippen LogP) is 4.73. The summed E-state index contributed by atoms with van der Waals surface area (Å²) in [5.41, 5.74) is 4.33. The molecule has 1 unspecified atom stereocenters. The number of aliphatic carboxylic acids is 1. The van der Waals surface area contributed by atoms with Crippen molar-refractivity contribution < 1.29 is 24.2 Å². The first kappa shape index (κ1) is 27.5. The Labute approximate surface area is 247 Å². The van der Waals surface area contributed by atoms with Gasteiger partial charge in [-0.3, -0.25) is 14.4 Å². The summed E-state index contributed by atoms with van der Waals surface area (Å²) in [4.78, 5) is 47.8. The Bertz CT molecular complexity index is 1500. The third kappa shape index (κ3) is 5.25. The lowest BCUT2D eigenvalue weighted by Crippen LogP contribution is -2.50. The van der Waals surface area contributed by atoms with Crippen molar-refractivity contribution >= 4 is 33.7 Å². The molecule has 9 nitrogen and oxygen atoms in total. The second kappa shape index (κ2) is 11.3. The second-order valence-corrected chi connectivity index (χ2v) is 12.1. The van der Waals surface area contributed by atoms with Gasteiger partial charge in [-0.2, -0.15) is 0 Å². The van der Waals surface area contributed by atoms with E-state index in [2.05, 4.69) is 20.9 Å². The third-order valence-corrected chi connectivity index (χ3v) is 9.42. The molecule has 41 heavy (non-hydrogen) atoms. The number of amides is 2. The first-order chi connectivity index (χ1) is 19.8. The van der Waals surface area contributed by atoms with Crippen molar-refractivity contribution in [2.24, 2.45) is 18.9 Å².